The third-order valence-corrected chi connectivity index (χ3v) is 8.44. The molecule has 0 spiro atoms. The second-order valence-electron chi connectivity index (χ2n) is 11.1. The van der Waals surface area contributed by atoms with Crippen molar-refractivity contribution in [3.8, 4) is 0 Å². The van der Waals surface area contributed by atoms with E-state index in [1.165, 1.54) is 0 Å². The van der Waals surface area contributed by atoms with Gasteiger partial charge in [-0.1, -0.05) is 63.2 Å². The van der Waals surface area contributed by atoms with Gasteiger partial charge in [-0.3, -0.25) is 14.4 Å². The number of benzene rings is 2. The van der Waals surface area contributed by atoms with E-state index in [9.17, 15) is 22.8 Å². The van der Waals surface area contributed by atoms with Crippen LogP contribution in [-0.4, -0.2) is 74.0 Å². The maximum atomic E-state index is 13.7. The van der Waals surface area contributed by atoms with Crippen molar-refractivity contribution < 1.29 is 32.0 Å². The van der Waals surface area contributed by atoms with Gasteiger partial charge in [-0.15, -0.1) is 0 Å². The minimum atomic E-state index is -3.79. The summed E-state index contributed by atoms with van der Waals surface area (Å²) in [6, 6.07) is 14.5. The van der Waals surface area contributed by atoms with Crippen molar-refractivity contribution in [2.45, 2.75) is 39.0 Å². The predicted octanol–water partition coefficient (Wildman–Crippen LogP) is 3.02. The van der Waals surface area contributed by atoms with Crippen LogP contribution in [0.25, 0.3) is 11.1 Å². The molecule has 1 aromatic heterocycles. The van der Waals surface area contributed by atoms with Crippen LogP contribution in [0.4, 0.5) is 0 Å². The molecule has 1 aliphatic heterocycles. The third kappa shape index (κ3) is 7.54. The molecule has 2 atom stereocenters. The zero-order chi connectivity index (χ0) is 28.9. The summed E-state index contributed by atoms with van der Waals surface area (Å²) in [5, 5.41) is 2.75. The highest BCUT2D eigenvalue weighted by atomic mass is 32.2. The number of ketones is 1. The van der Waals surface area contributed by atoms with Gasteiger partial charge in [0.05, 0.1) is 30.6 Å². The summed E-state index contributed by atoms with van der Waals surface area (Å²) in [5.41, 5.74) is 0.756. The van der Waals surface area contributed by atoms with E-state index in [2.05, 4.69) is 10.3 Å². The van der Waals surface area contributed by atoms with Gasteiger partial charge in [-0.25, -0.2) is 13.4 Å². The fourth-order valence-corrected chi connectivity index (χ4v) is 6.31. The molecular formula is C29H35N3O7S. The number of para-hydroxylation sites is 2. The van der Waals surface area contributed by atoms with Gasteiger partial charge in [0.25, 0.3) is 5.89 Å². The van der Waals surface area contributed by atoms with E-state index < -0.39 is 44.7 Å². The molecule has 3 aromatic rings. The summed E-state index contributed by atoms with van der Waals surface area (Å²) in [6.07, 6.45) is -0.312. The number of nitrogens with zero attached hydrogens (tertiary/aromatic N) is 2. The Hall–Kier alpha value is -3.57. The molecule has 0 aliphatic carbocycles. The van der Waals surface area contributed by atoms with Crippen molar-refractivity contribution >= 4 is 38.5 Å². The largest absolute Gasteiger partial charge is 0.434 e. The molecule has 0 bridgehead atoms. The van der Waals surface area contributed by atoms with Crippen LogP contribution in [0, 0.1) is 11.3 Å². The van der Waals surface area contributed by atoms with Crippen molar-refractivity contribution in [2.75, 3.05) is 32.1 Å². The number of aromatic nitrogens is 1. The number of carbonyl (C=O) groups excluding carboxylic acids is 3. The van der Waals surface area contributed by atoms with Crippen LogP contribution < -0.4 is 5.32 Å². The van der Waals surface area contributed by atoms with Crippen molar-refractivity contribution in [3.05, 3.63) is 66.1 Å². The normalized spacial score (nSPS) is 15.9. The summed E-state index contributed by atoms with van der Waals surface area (Å²) in [5.74, 6) is -3.74. The highest BCUT2D eigenvalue weighted by molar-refractivity contribution is 7.90. The van der Waals surface area contributed by atoms with Crippen LogP contribution in [0.15, 0.2) is 59.0 Å². The number of rotatable bonds is 10. The second-order valence-corrected chi connectivity index (χ2v) is 13.2. The lowest BCUT2D eigenvalue weighted by molar-refractivity contribution is -0.139. The number of carbonyl (C=O) groups is 3. The second kappa shape index (κ2) is 12.3. The van der Waals surface area contributed by atoms with E-state index in [0.717, 1.165) is 0 Å². The molecule has 1 fully saturated rings. The monoisotopic (exact) mass is 569 g/mol. The van der Waals surface area contributed by atoms with Gasteiger partial charge in [0.15, 0.2) is 15.4 Å². The molecule has 10 nitrogen and oxygen atoms in total. The van der Waals surface area contributed by atoms with Crippen molar-refractivity contribution in [2.24, 2.45) is 11.3 Å². The number of sulfone groups is 1. The van der Waals surface area contributed by atoms with E-state index in [1.54, 1.807) is 80.3 Å². The molecule has 1 N–H and O–H groups in total. The number of Topliss-reactive ketones (excluding diaryl/α,β-unsaturated/α-hetero) is 1. The van der Waals surface area contributed by atoms with Gasteiger partial charge in [0, 0.05) is 19.5 Å². The average molecular weight is 570 g/mol. The van der Waals surface area contributed by atoms with Crippen molar-refractivity contribution in [1.29, 1.82) is 0 Å². The fourth-order valence-electron chi connectivity index (χ4n) is 4.61. The number of oxazole rings is 1. The number of morpholine rings is 1. The predicted molar refractivity (Wildman–Crippen MR) is 149 cm³/mol. The Bertz CT molecular complexity index is 1420. The summed E-state index contributed by atoms with van der Waals surface area (Å²) >= 11 is 0. The zero-order valence-electron chi connectivity index (χ0n) is 23.0. The molecule has 2 aromatic carbocycles. The molecule has 1 unspecified atom stereocenters. The summed E-state index contributed by atoms with van der Waals surface area (Å²) in [4.78, 5) is 46.2. The van der Waals surface area contributed by atoms with Gasteiger partial charge < -0.3 is 19.4 Å². The first kappa shape index (κ1) is 29.4. The van der Waals surface area contributed by atoms with Crippen LogP contribution in [0.3, 0.4) is 0 Å². The number of nitrogens with one attached hydrogen (secondary N) is 1. The van der Waals surface area contributed by atoms with E-state index in [1.807, 2.05) is 0 Å². The quantitative estimate of drug-likeness (QED) is 0.368. The smallest absolute Gasteiger partial charge is 0.266 e. The first-order valence-electron chi connectivity index (χ1n) is 13.2. The molecule has 2 amide bonds. The Balaban J connectivity index is 1.58. The van der Waals surface area contributed by atoms with E-state index >= 15 is 0 Å². The molecule has 4 rings (SSSR count). The van der Waals surface area contributed by atoms with Gasteiger partial charge in [0.2, 0.25) is 17.6 Å². The molecule has 40 heavy (non-hydrogen) atoms. The lowest BCUT2D eigenvalue weighted by Crippen LogP contribution is -2.52. The maximum absolute atomic E-state index is 13.7. The van der Waals surface area contributed by atoms with E-state index in [-0.39, 0.29) is 24.0 Å². The molecule has 0 radical (unpaired) electrons. The Labute approximate surface area is 234 Å². The van der Waals surface area contributed by atoms with Crippen LogP contribution in [-0.2, 0) is 29.9 Å². The lowest BCUT2D eigenvalue weighted by atomic mass is 9.83. The minimum absolute atomic E-state index is 0.154. The van der Waals surface area contributed by atoms with E-state index in [4.69, 9.17) is 9.15 Å². The Morgan fingerprint density at radius 3 is 2.30 bits per heavy atom. The molecular weight excluding hydrogens is 534 g/mol. The Kier molecular flexibility index (Phi) is 9.05. The first-order valence-corrected chi connectivity index (χ1v) is 15.0. The first-order chi connectivity index (χ1) is 18.9. The number of hydrogen-bond acceptors (Lipinski definition) is 8. The van der Waals surface area contributed by atoms with Crippen LogP contribution in [0.1, 0.15) is 43.4 Å². The van der Waals surface area contributed by atoms with Crippen molar-refractivity contribution in [3.63, 3.8) is 0 Å². The van der Waals surface area contributed by atoms with Crippen molar-refractivity contribution in [1.82, 2.24) is 15.2 Å². The van der Waals surface area contributed by atoms with Gasteiger partial charge in [0.1, 0.15) is 11.6 Å². The van der Waals surface area contributed by atoms with Gasteiger partial charge >= 0.3 is 0 Å². The number of fused-ring (bicyclic) bond motifs is 1. The number of ether oxygens (including phenoxy) is 1. The highest BCUT2D eigenvalue weighted by Crippen LogP contribution is 2.26. The SMILES string of the molecule is CC(C)(C)[C@H](NC(=O)C(CC(=O)N1CCOCC1)CS(=O)(=O)Cc1ccccc1)C(=O)c1nc2ccccc2o1. The summed E-state index contributed by atoms with van der Waals surface area (Å²) in [6.45, 7) is 6.81. The molecule has 2 heterocycles. The van der Waals surface area contributed by atoms with Crippen LogP contribution in [0.2, 0.25) is 0 Å². The molecule has 1 saturated heterocycles. The fraction of sp³-hybridized carbons (Fsp3) is 0.448. The Morgan fingerprint density at radius 1 is 1.00 bits per heavy atom. The topological polar surface area (TPSA) is 136 Å². The average Bonchev–Trinajstić information content (AvgIpc) is 3.35. The van der Waals surface area contributed by atoms with Gasteiger partial charge in [-0.2, -0.15) is 0 Å². The van der Waals surface area contributed by atoms with Gasteiger partial charge in [-0.05, 0) is 23.1 Å². The third-order valence-electron chi connectivity index (χ3n) is 6.76. The lowest BCUT2D eigenvalue weighted by Gasteiger charge is -2.31. The molecule has 214 valence electrons. The minimum Gasteiger partial charge on any atom is -0.434 e. The molecule has 1 aliphatic rings. The molecule has 11 heteroatoms. The molecule has 0 saturated carbocycles. The standard InChI is InChI=1S/C29H35N3O7S/c1-29(2,3)26(25(34)28-30-22-11-7-8-12-23(22)39-28)31-27(35)21(17-24(33)32-13-15-38-16-14-32)19-40(36,37)18-20-9-5-4-6-10-20/h4-12,21,26H,13-19H2,1-3H3,(H,31,35)/t21?,26-/m1/s1. The summed E-state index contributed by atoms with van der Waals surface area (Å²) in [7, 11) is -3.79. The number of amides is 2. The highest BCUT2D eigenvalue weighted by Gasteiger charge is 2.39. The number of hydrogen-bond donors (Lipinski definition) is 1. The van der Waals surface area contributed by atoms with Crippen LogP contribution >= 0.6 is 0 Å². The Morgan fingerprint density at radius 2 is 1.65 bits per heavy atom. The van der Waals surface area contributed by atoms with E-state index in [0.29, 0.717) is 43.0 Å². The maximum Gasteiger partial charge on any atom is 0.266 e. The zero-order valence-corrected chi connectivity index (χ0v) is 23.8. The van der Waals surface area contributed by atoms with Crippen LogP contribution in [0.5, 0.6) is 0 Å². The summed E-state index contributed by atoms with van der Waals surface area (Å²) < 4.78 is 37.4.